The Morgan fingerprint density at radius 3 is 1.00 bits per heavy atom. The van der Waals surface area contributed by atoms with Crippen LogP contribution < -0.4 is 0 Å². The van der Waals surface area contributed by atoms with E-state index >= 15 is 0 Å². The molecule has 0 atom stereocenters. The van der Waals surface area contributed by atoms with Gasteiger partial charge >= 0.3 is 0 Å². The van der Waals surface area contributed by atoms with E-state index in [4.69, 9.17) is 0 Å². The second-order valence-corrected chi connectivity index (χ2v) is 46.9. The minimum atomic E-state index is -1.37. The third-order valence-electron chi connectivity index (χ3n) is 0.674. The molecule has 0 nitrogen and oxygen atoms in total. The molecule has 0 bridgehead atoms. The first-order chi connectivity index (χ1) is 3.25. The highest BCUT2D eigenvalue weighted by atomic mass is 80.0. The van der Waals surface area contributed by atoms with E-state index in [0.717, 1.165) is 0 Å². The molecule has 0 saturated carbocycles. The van der Waals surface area contributed by atoms with Gasteiger partial charge in [-0.15, -0.1) is 15.3 Å². The first kappa shape index (κ1) is 10.4. The Morgan fingerprint density at radius 2 is 1.00 bits per heavy atom. The lowest BCUT2D eigenvalue weighted by molar-refractivity contribution is 2.07. The summed E-state index contributed by atoms with van der Waals surface area (Å²) in [6.07, 6.45) is -1.16. The minimum absolute atomic E-state index is 1.16. The Labute approximate surface area is 82.9 Å². The highest BCUT2D eigenvalue weighted by Crippen LogP contribution is 2.39. The SMILES string of the molecule is C[Si](C)(Br)[Si](Br)(Br)Br. The van der Waals surface area contributed by atoms with Crippen molar-refractivity contribution in [2.75, 3.05) is 0 Å². The summed E-state index contributed by atoms with van der Waals surface area (Å²) in [5.74, 6) is 0. The Kier molecular flexibility index (Phi) is 4.10. The predicted molar refractivity (Wildman–Crippen MR) is 58.9 cm³/mol. The van der Waals surface area contributed by atoms with Crippen LogP contribution in [0.2, 0.25) is 13.1 Å². The molecule has 0 aromatic carbocycles. The second-order valence-electron chi connectivity index (χ2n) is 1.97. The smallest absolute Gasteiger partial charge is 0.127 e. The molecule has 0 amide bonds. The van der Waals surface area contributed by atoms with Crippen molar-refractivity contribution in [3.63, 3.8) is 0 Å². The van der Waals surface area contributed by atoms with Crippen molar-refractivity contribution in [2.45, 2.75) is 13.1 Å². The summed E-state index contributed by atoms with van der Waals surface area (Å²) >= 11 is 14.4. The lowest BCUT2D eigenvalue weighted by Crippen LogP contribution is -2.39. The summed E-state index contributed by atoms with van der Waals surface area (Å²) in [5, 5.41) is 0. The van der Waals surface area contributed by atoms with Gasteiger partial charge in [-0.2, -0.15) is 0 Å². The summed E-state index contributed by atoms with van der Waals surface area (Å²) in [6, 6.07) is 0. The maximum Gasteiger partial charge on any atom is 0.266 e. The first-order valence-electron chi connectivity index (χ1n) is 2.01. The largest absolute Gasteiger partial charge is 0.266 e. The second kappa shape index (κ2) is 3.17. The Morgan fingerprint density at radius 1 is 0.875 bits per heavy atom. The van der Waals surface area contributed by atoms with Crippen LogP contribution in [0.5, 0.6) is 0 Å². The van der Waals surface area contributed by atoms with Crippen LogP contribution in [0.3, 0.4) is 0 Å². The Bertz CT molecular complexity index is 67.0. The molecule has 0 aromatic heterocycles. The highest BCUT2D eigenvalue weighted by molar-refractivity contribution is 9.76. The zero-order chi connectivity index (χ0) is 7.00. The van der Waals surface area contributed by atoms with E-state index in [1.54, 1.807) is 0 Å². The number of hydrogen-bond acceptors (Lipinski definition) is 0. The zero-order valence-corrected chi connectivity index (χ0v) is 12.9. The lowest BCUT2D eigenvalue weighted by atomic mass is 11.9. The van der Waals surface area contributed by atoms with Crippen molar-refractivity contribution in [3.8, 4) is 0 Å². The zero-order valence-electron chi connectivity index (χ0n) is 4.51. The molecule has 0 N–H and O–H groups in total. The van der Waals surface area contributed by atoms with Gasteiger partial charge in [-0.3, -0.25) is 0 Å². The van der Waals surface area contributed by atoms with E-state index in [0.29, 0.717) is 0 Å². The van der Waals surface area contributed by atoms with Gasteiger partial charge in [-0.1, -0.05) is 59.0 Å². The maximum absolute atomic E-state index is 3.66. The van der Waals surface area contributed by atoms with Gasteiger partial charge in [0.15, 0.2) is 6.21 Å². The summed E-state index contributed by atoms with van der Waals surface area (Å²) in [4.78, 5) is 0. The van der Waals surface area contributed by atoms with Crippen LogP contribution in [0.4, 0.5) is 0 Å². The Balaban J connectivity index is 4.02. The maximum atomic E-state index is 3.66. The van der Waals surface area contributed by atoms with Gasteiger partial charge in [0, 0.05) is 0 Å². The molecule has 0 fully saturated rings. The van der Waals surface area contributed by atoms with Gasteiger partial charge in [0.25, 0.3) is 3.45 Å². The summed E-state index contributed by atoms with van der Waals surface area (Å²) < 4.78 is -1.37. The van der Waals surface area contributed by atoms with Crippen LogP contribution in [0.25, 0.3) is 0 Å². The predicted octanol–water partition coefficient (Wildman–Crippen LogP) is 3.79. The molecule has 0 radical (unpaired) electrons. The van der Waals surface area contributed by atoms with Crippen LogP contribution in [-0.2, 0) is 0 Å². The van der Waals surface area contributed by atoms with Gasteiger partial charge < -0.3 is 0 Å². The molecule has 0 aliphatic heterocycles. The van der Waals surface area contributed by atoms with Crippen LogP contribution >= 0.6 is 61.2 Å². The third-order valence-corrected chi connectivity index (χ3v) is 52.5. The lowest BCUT2D eigenvalue weighted by Gasteiger charge is -2.21. The normalized spacial score (nSPS) is 14.2. The molecule has 0 spiro atoms. The van der Waals surface area contributed by atoms with Gasteiger partial charge in [-0.05, 0) is 0 Å². The monoisotopic (exact) mass is 402 g/mol. The average Bonchev–Trinajstić information content (AvgIpc) is 1.25. The van der Waals surface area contributed by atoms with Gasteiger partial charge in [0.05, 0.1) is 0 Å². The van der Waals surface area contributed by atoms with E-state index in [1.807, 2.05) is 0 Å². The van der Waals surface area contributed by atoms with Crippen molar-refractivity contribution < 1.29 is 0 Å². The molecule has 0 rings (SSSR count). The number of hydrogen-bond donors (Lipinski definition) is 0. The van der Waals surface area contributed by atoms with Crippen LogP contribution in [0, 0.1) is 0 Å². The molecule has 0 aliphatic rings. The molecule has 0 aliphatic carbocycles. The molecule has 0 unspecified atom stereocenters. The summed E-state index contributed by atoms with van der Waals surface area (Å²) in [7, 11) is 0. The van der Waals surface area contributed by atoms with Crippen LogP contribution in [0.15, 0.2) is 0 Å². The van der Waals surface area contributed by atoms with Crippen molar-refractivity contribution in [3.05, 3.63) is 0 Å². The minimum Gasteiger partial charge on any atom is -0.127 e. The topological polar surface area (TPSA) is 0 Å². The first-order valence-corrected chi connectivity index (χ1v) is 17.0. The Hall–Kier alpha value is 2.35. The average molecular weight is 406 g/mol. The highest BCUT2D eigenvalue weighted by Gasteiger charge is 2.41. The van der Waals surface area contributed by atoms with E-state index in [1.165, 1.54) is 0 Å². The molecule has 0 saturated heterocycles. The van der Waals surface area contributed by atoms with Gasteiger partial charge in [-0.25, -0.2) is 0 Å². The van der Waals surface area contributed by atoms with E-state index in [2.05, 4.69) is 74.3 Å². The van der Waals surface area contributed by atoms with Crippen molar-refractivity contribution in [1.82, 2.24) is 0 Å². The third kappa shape index (κ3) is 3.50. The molecule has 0 aromatic rings. The fraction of sp³-hybridized carbons (Fsp3) is 1.00. The molecule has 50 valence electrons. The fourth-order valence-electron chi connectivity index (χ4n) is 0. The van der Waals surface area contributed by atoms with Gasteiger partial charge in [0.2, 0.25) is 0 Å². The van der Waals surface area contributed by atoms with E-state index < -0.39 is 9.66 Å². The van der Waals surface area contributed by atoms with E-state index in [9.17, 15) is 0 Å². The number of halogens is 4. The van der Waals surface area contributed by atoms with Crippen molar-refractivity contribution in [2.24, 2.45) is 0 Å². The molecule has 6 heteroatoms. The quantitative estimate of drug-likeness (QED) is 0.460. The molecule has 8 heavy (non-hydrogen) atoms. The molecular formula is C2H6Br4Si2. The van der Waals surface area contributed by atoms with E-state index in [-0.39, 0.29) is 0 Å². The summed E-state index contributed by atoms with van der Waals surface area (Å²) in [5.41, 5.74) is 0. The fourth-order valence-corrected chi connectivity index (χ4v) is 0. The van der Waals surface area contributed by atoms with Crippen LogP contribution in [-0.4, -0.2) is 9.66 Å². The van der Waals surface area contributed by atoms with Gasteiger partial charge in [0.1, 0.15) is 0 Å². The van der Waals surface area contributed by atoms with Crippen molar-refractivity contribution in [1.29, 1.82) is 0 Å². The van der Waals surface area contributed by atoms with Crippen LogP contribution in [0.1, 0.15) is 0 Å². The standard InChI is InChI=1S/C2H6Br4Si2/c1-7(2,3)8(4,5)6/h1-2H3. The molecule has 0 heterocycles. The van der Waals surface area contributed by atoms with Crippen molar-refractivity contribution >= 4 is 70.8 Å². The molecular weight excluding hydrogens is 400 g/mol. The summed E-state index contributed by atoms with van der Waals surface area (Å²) in [6.45, 7) is 4.49. The number of rotatable bonds is 1.